The Bertz CT molecular complexity index is 815. The van der Waals surface area contributed by atoms with Gasteiger partial charge in [0.1, 0.15) is 5.01 Å². The number of aliphatic carboxylic acids is 1. The van der Waals surface area contributed by atoms with Crippen molar-refractivity contribution in [3.05, 3.63) is 40.4 Å². The van der Waals surface area contributed by atoms with Crippen LogP contribution in [0.15, 0.2) is 24.3 Å². The number of aromatic nitrogens is 1. The largest absolute Gasteiger partial charge is 0.481 e. The Morgan fingerprint density at radius 3 is 2.63 bits per heavy atom. The minimum absolute atomic E-state index is 0.0259. The zero-order valence-electron chi connectivity index (χ0n) is 15.1. The average molecular weight is 385 g/mol. The van der Waals surface area contributed by atoms with Gasteiger partial charge in [0.15, 0.2) is 0 Å². The number of carboxylic acids is 1. The molecular weight excluding hydrogens is 362 g/mol. The number of benzene rings is 1. The number of nitrogens with one attached hydrogen (secondary N) is 1. The molecule has 2 aromatic rings. The minimum Gasteiger partial charge on any atom is -0.481 e. The fraction of sp³-hybridized carbons (Fsp3) is 0.450. The lowest BCUT2D eigenvalue weighted by Gasteiger charge is -2.31. The Kier molecular flexibility index (Phi) is 5.22. The summed E-state index contributed by atoms with van der Waals surface area (Å²) >= 11 is 1.72. The van der Waals surface area contributed by atoms with E-state index in [1.807, 2.05) is 29.2 Å². The summed E-state index contributed by atoms with van der Waals surface area (Å²) < 4.78 is 0. The van der Waals surface area contributed by atoms with E-state index in [1.54, 1.807) is 11.3 Å². The first-order valence-corrected chi connectivity index (χ1v) is 10.2. The summed E-state index contributed by atoms with van der Waals surface area (Å²) in [4.78, 5) is 31.4. The van der Waals surface area contributed by atoms with Crippen LogP contribution in [0.4, 0.5) is 0 Å². The normalized spacial score (nSPS) is 17.6. The number of rotatable bonds is 4. The molecule has 1 saturated heterocycles. The fourth-order valence-electron chi connectivity index (χ4n) is 3.77. The molecular formula is C20H23N3O3S. The van der Waals surface area contributed by atoms with Crippen LogP contribution in [-0.2, 0) is 17.8 Å². The maximum Gasteiger partial charge on any atom is 0.303 e. The Hall–Kier alpha value is -2.25. The highest BCUT2D eigenvalue weighted by Gasteiger charge is 2.25. The highest BCUT2D eigenvalue weighted by Crippen LogP contribution is 2.30. The van der Waals surface area contributed by atoms with Gasteiger partial charge in [-0.25, -0.2) is 4.98 Å². The van der Waals surface area contributed by atoms with Gasteiger partial charge in [-0.05, 0) is 30.9 Å². The van der Waals surface area contributed by atoms with Crippen LogP contribution in [-0.4, -0.2) is 46.5 Å². The molecule has 1 aromatic heterocycles. The molecule has 2 aliphatic rings. The molecule has 6 nitrogen and oxygen atoms in total. The van der Waals surface area contributed by atoms with Gasteiger partial charge in [0.25, 0.3) is 5.91 Å². The van der Waals surface area contributed by atoms with Crippen LogP contribution in [0.1, 0.15) is 40.2 Å². The highest BCUT2D eigenvalue weighted by molar-refractivity contribution is 7.15. The van der Waals surface area contributed by atoms with Gasteiger partial charge in [-0.1, -0.05) is 12.1 Å². The number of amides is 1. The van der Waals surface area contributed by atoms with Gasteiger partial charge in [0.05, 0.1) is 5.69 Å². The van der Waals surface area contributed by atoms with Gasteiger partial charge in [0.2, 0.25) is 0 Å². The number of hydrogen-bond donors (Lipinski definition) is 2. The van der Waals surface area contributed by atoms with E-state index >= 15 is 0 Å². The van der Waals surface area contributed by atoms with Crippen LogP contribution in [0, 0.1) is 5.92 Å². The van der Waals surface area contributed by atoms with Gasteiger partial charge in [-0.3, -0.25) is 9.59 Å². The fourth-order valence-corrected chi connectivity index (χ4v) is 4.86. The molecule has 0 atom stereocenters. The molecule has 7 heteroatoms. The molecule has 1 fully saturated rings. The second-order valence-corrected chi connectivity index (χ2v) is 8.31. The predicted octanol–water partition coefficient (Wildman–Crippen LogP) is 2.78. The van der Waals surface area contributed by atoms with E-state index in [9.17, 15) is 9.59 Å². The van der Waals surface area contributed by atoms with Crippen LogP contribution in [0.3, 0.4) is 0 Å². The molecule has 3 heterocycles. The summed E-state index contributed by atoms with van der Waals surface area (Å²) in [5.74, 6) is -0.549. The number of fused-ring (bicyclic) bond motifs is 1. The number of piperidine rings is 1. The number of thiazole rings is 1. The summed E-state index contributed by atoms with van der Waals surface area (Å²) in [6.07, 6.45) is 2.69. The summed E-state index contributed by atoms with van der Waals surface area (Å²) in [7, 11) is 0. The maximum atomic E-state index is 12.7. The lowest BCUT2D eigenvalue weighted by molar-refractivity contribution is -0.138. The van der Waals surface area contributed by atoms with Gasteiger partial charge in [0, 0.05) is 55.0 Å². The van der Waals surface area contributed by atoms with Crippen LogP contribution in [0.25, 0.3) is 10.6 Å². The van der Waals surface area contributed by atoms with Crippen LogP contribution >= 0.6 is 11.3 Å². The van der Waals surface area contributed by atoms with E-state index in [2.05, 4.69) is 5.32 Å². The Balaban J connectivity index is 1.41. The first kappa shape index (κ1) is 18.1. The third-order valence-electron chi connectivity index (χ3n) is 5.35. The number of carbonyl (C=O) groups excluding carboxylic acids is 1. The van der Waals surface area contributed by atoms with Gasteiger partial charge in [-0.15, -0.1) is 11.3 Å². The monoisotopic (exact) mass is 385 g/mol. The smallest absolute Gasteiger partial charge is 0.303 e. The zero-order chi connectivity index (χ0) is 18.8. The second-order valence-electron chi connectivity index (χ2n) is 7.23. The van der Waals surface area contributed by atoms with Crippen molar-refractivity contribution >= 4 is 23.2 Å². The predicted molar refractivity (Wildman–Crippen MR) is 104 cm³/mol. The van der Waals surface area contributed by atoms with Crippen molar-refractivity contribution in [2.45, 2.75) is 32.2 Å². The second kappa shape index (κ2) is 7.78. The Morgan fingerprint density at radius 2 is 1.96 bits per heavy atom. The molecule has 1 aromatic carbocycles. The van der Waals surface area contributed by atoms with Crippen molar-refractivity contribution in [3.8, 4) is 10.6 Å². The molecule has 0 radical (unpaired) electrons. The molecule has 0 spiro atoms. The van der Waals surface area contributed by atoms with E-state index in [0.29, 0.717) is 18.7 Å². The minimum atomic E-state index is -0.755. The van der Waals surface area contributed by atoms with E-state index in [-0.39, 0.29) is 18.2 Å². The molecule has 0 bridgehead atoms. The van der Waals surface area contributed by atoms with Gasteiger partial charge < -0.3 is 15.3 Å². The van der Waals surface area contributed by atoms with E-state index in [1.165, 1.54) is 10.6 Å². The molecule has 1 amide bonds. The summed E-state index contributed by atoms with van der Waals surface area (Å²) in [6.45, 7) is 3.13. The SMILES string of the molecule is O=C(O)CC1CCN(C(=O)c2ccc(-c3nc4c(s3)CNCC4)cc2)CC1. The summed E-state index contributed by atoms with van der Waals surface area (Å²) in [5.41, 5.74) is 2.92. The molecule has 2 N–H and O–H groups in total. The zero-order valence-corrected chi connectivity index (χ0v) is 15.9. The van der Waals surface area contributed by atoms with Crippen molar-refractivity contribution in [3.63, 3.8) is 0 Å². The van der Waals surface area contributed by atoms with E-state index < -0.39 is 5.97 Å². The molecule has 27 heavy (non-hydrogen) atoms. The summed E-state index contributed by atoms with van der Waals surface area (Å²) in [6, 6.07) is 7.70. The number of nitrogens with zero attached hydrogens (tertiary/aromatic N) is 2. The number of likely N-dealkylation sites (tertiary alicyclic amines) is 1. The third-order valence-corrected chi connectivity index (χ3v) is 6.49. The van der Waals surface area contributed by atoms with Crippen LogP contribution in [0.5, 0.6) is 0 Å². The standard InChI is InChI=1S/C20H23N3O3S/c24-18(25)11-13-6-9-23(10-7-13)20(26)15-3-1-14(2-4-15)19-22-16-5-8-21-12-17(16)27-19/h1-4,13,21H,5-12H2,(H,24,25). The van der Waals surface area contributed by atoms with Crippen molar-refractivity contribution in [1.29, 1.82) is 0 Å². The Labute approximate surface area is 162 Å². The maximum absolute atomic E-state index is 12.7. The highest BCUT2D eigenvalue weighted by atomic mass is 32.1. The molecule has 0 unspecified atom stereocenters. The quantitative estimate of drug-likeness (QED) is 0.846. The van der Waals surface area contributed by atoms with Crippen molar-refractivity contribution in [2.75, 3.05) is 19.6 Å². The van der Waals surface area contributed by atoms with Crippen molar-refractivity contribution < 1.29 is 14.7 Å². The van der Waals surface area contributed by atoms with Gasteiger partial charge >= 0.3 is 5.97 Å². The molecule has 142 valence electrons. The average Bonchev–Trinajstić information content (AvgIpc) is 3.12. The Morgan fingerprint density at radius 1 is 1.22 bits per heavy atom. The first-order chi connectivity index (χ1) is 13.1. The topological polar surface area (TPSA) is 82.5 Å². The number of hydrogen-bond acceptors (Lipinski definition) is 5. The van der Waals surface area contributed by atoms with Gasteiger partial charge in [-0.2, -0.15) is 0 Å². The molecule has 0 aliphatic carbocycles. The number of carbonyl (C=O) groups is 2. The molecule has 0 saturated carbocycles. The van der Waals surface area contributed by atoms with Crippen molar-refractivity contribution in [1.82, 2.24) is 15.2 Å². The van der Waals surface area contributed by atoms with Crippen LogP contribution < -0.4 is 5.32 Å². The van der Waals surface area contributed by atoms with Crippen molar-refractivity contribution in [2.24, 2.45) is 5.92 Å². The lowest BCUT2D eigenvalue weighted by Crippen LogP contribution is -2.38. The molecule has 4 rings (SSSR count). The van der Waals surface area contributed by atoms with E-state index in [0.717, 1.165) is 42.9 Å². The summed E-state index contributed by atoms with van der Waals surface area (Å²) in [5, 5.41) is 13.3. The lowest BCUT2D eigenvalue weighted by atomic mass is 9.93. The number of carboxylic acid groups (broad SMARTS) is 1. The third kappa shape index (κ3) is 4.04. The molecule has 2 aliphatic heterocycles. The first-order valence-electron chi connectivity index (χ1n) is 9.41. The van der Waals surface area contributed by atoms with E-state index in [4.69, 9.17) is 10.1 Å². The van der Waals surface area contributed by atoms with Crippen LogP contribution in [0.2, 0.25) is 0 Å².